The van der Waals surface area contributed by atoms with Gasteiger partial charge in [-0.3, -0.25) is 4.79 Å². The van der Waals surface area contributed by atoms with E-state index in [4.69, 9.17) is 0 Å². The minimum absolute atomic E-state index is 0.214. The van der Waals surface area contributed by atoms with Crippen LogP contribution in [0.1, 0.15) is 43.4 Å². The maximum absolute atomic E-state index is 12.9. The molecule has 1 aromatic carbocycles. The van der Waals surface area contributed by atoms with E-state index in [9.17, 15) is 4.79 Å². The molecule has 0 bridgehead atoms. The smallest absolute Gasteiger partial charge is 0.226 e. The van der Waals surface area contributed by atoms with Crippen molar-refractivity contribution in [2.24, 2.45) is 5.92 Å². The molecule has 1 amide bonds. The lowest BCUT2D eigenvalue weighted by molar-refractivity contribution is -0.133. The first kappa shape index (κ1) is 16.2. The second-order valence-corrected chi connectivity index (χ2v) is 8.62. The lowest BCUT2D eigenvalue weighted by Crippen LogP contribution is -2.39. The van der Waals surface area contributed by atoms with E-state index in [1.54, 1.807) is 0 Å². The van der Waals surface area contributed by atoms with Crippen molar-refractivity contribution in [2.45, 2.75) is 57.8 Å². The Labute approximate surface area is 149 Å². The quantitative estimate of drug-likeness (QED) is 0.777. The highest BCUT2D eigenvalue weighted by Gasteiger charge is 2.36. The Morgan fingerprint density at radius 2 is 2.00 bits per heavy atom. The third kappa shape index (κ3) is 3.13. The van der Waals surface area contributed by atoms with E-state index >= 15 is 0 Å². The van der Waals surface area contributed by atoms with Crippen LogP contribution >= 0.6 is 11.3 Å². The topological polar surface area (TPSA) is 20.3 Å². The van der Waals surface area contributed by atoms with E-state index in [2.05, 4.69) is 36.0 Å². The standard InChI is InChI=1S/C20H26BNOS/c1-21-16-8-7-14-11-18(24-19(14)13-16)12-15-9-10-22(20(15)23)17-5-3-2-4-6-17/h7-8,11,13,15,17,21H,2-6,9-10,12H2,1H3. The van der Waals surface area contributed by atoms with Gasteiger partial charge in [0.25, 0.3) is 0 Å². The third-order valence-corrected chi connectivity index (χ3v) is 6.98. The molecule has 2 fully saturated rings. The van der Waals surface area contributed by atoms with E-state index in [1.807, 2.05) is 11.3 Å². The summed E-state index contributed by atoms with van der Waals surface area (Å²) in [5.74, 6) is 0.638. The SMILES string of the molecule is CBc1ccc2cc(CC3CCN(C4CCCCC4)C3=O)sc2c1. The van der Waals surface area contributed by atoms with Crippen LogP contribution in [0.25, 0.3) is 10.1 Å². The van der Waals surface area contributed by atoms with Crippen molar-refractivity contribution >= 4 is 40.1 Å². The molecule has 126 valence electrons. The van der Waals surface area contributed by atoms with Crippen LogP contribution in [0.4, 0.5) is 0 Å². The van der Waals surface area contributed by atoms with Gasteiger partial charge in [-0.25, -0.2) is 0 Å². The maximum atomic E-state index is 12.9. The zero-order valence-corrected chi connectivity index (χ0v) is 15.4. The Bertz CT molecular complexity index is 734. The Hall–Kier alpha value is -1.29. The lowest BCUT2D eigenvalue weighted by Gasteiger charge is -2.31. The van der Waals surface area contributed by atoms with E-state index in [1.165, 1.54) is 52.5 Å². The summed E-state index contributed by atoms with van der Waals surface area (Å²) in [4.78, 5) is 16.4. The summed E-state index contributed by atoms with van der Waals surface area (Å²) in [6.45, 7) is 3.19. The minimum Gasteiger partial charge on any atom is -0.339 e. The zero-order chi connectivity index (χ0) is 16.5. The monoisotopic (exact) mass is 339 g/mol. The molecule has 2 nitrogen and oxygen atoms in total. The number of carbonyl (C=O) groups is 1. The van der Waals surface area contributed by atoms with Gasteiger partial charge in [0.05, 0.1) is 0 Å². The fourth-order valence-corrected chi connectivity index (χ4v) is 5.61. The first-order valence-corrected chi connectivity index (χ1v) is 10.4. The van der Waals surface area contributed by atoms with Gasteiger partial charge in [-0.05, 0) is 37.1 Å². The molecule has 4 heteroatoms. The Kier molecular flexibility index (Phi) is 4.67. The summed E-state index contributed by atoms with van der Waals surface area (Å²) in [7, 11) is 1.08. The first-order chi connectivity index (χ1) is 11.7. The number of hydrogen-bond donors (Lipinski definition) is 0. The highest BCUT2D eigenvalue weighted by atomic mass is 32.1. The van der Waals surface area contributed by atoms with E-state index in [0.29, 0.717) is 11.9 Å². The normalized spacial score (nSPS) is 22.5. The number of fused-ring (bicyclic) bond motifs is 1. The number of nitrogens with zero attached hydrogens (tertiary/aromatic N) is 1. The number of hydrogen-bond acceptors (Lipinski definition) is 2. The van der Waals surface area contributed by atoms with Crippen LogP contribution < -0.4 is 5.46 Å². The average molecular weight is 339 g/mol. The third-order valence-electron chi connectivity index (χ3n) is 5.86. The van der Waals surface area contributed by atoms with Crippen LogP contribution in [0.15, 0.2) is 24.3 Å². The zero-order valence-electron chi connectivity index (χ0n) is 14.6. The summed E-state index contributed by atoms with van der Waals surface area (Å²) in [6.07, 6.45) is 8.38. The van der Waals surface area contributed by atoms with Crippen LogP contribution in [0.2, 0.25) is 6.82 Å². The predicted octanol–water partition coefficient (Wildman–Crippen LogP) is 3.73. The Morgan fingerprint density at radius 3 is 2.79 bits per heavy atom. The maximum Gasteiger partial charge on any atom is 0.226 e. The molecule has 2 aliphatic rings. The van der Waals surface area contributed by atoms with Crippen LogP contribution in [0.3, 0.4) is 0 Å². The van der Waals surface area contributed by atoms with Gasteiger partial charge in [-0.2, -0.15) is 0 Å². The minimum atomic E-state index is 0.214. The van der Waals surface area contributed by atoms with Gasteiger partial charge in [-0.15, -0.1) is 11.3 Å². The Balaban J connectivity index is 1.46. The predicted molar refractivity (Wildman–Crippen MR) is 105 cm³/mol. The molecule has 1 aliphatic carbocycles. The fraction of sp³-hybridized carbons (Fsp3) is 0.550. The second kappa shape index (κ2) is 6.91. The van der Waals surface area contributed by atoms with Crippen molar-refractivity contribution in [1.82, 2.24) is 4.90 Å². The highest BCUT2D eigenvalue weighted by Crippen LogP contribution is 2.33. The average Bonchev–Trinajstić information content (AvgIpc) is 3.18. The Morgan fingerprint density at radius 1 is 1.17 bits per heavy atom. The second-order valence-electron chi connectivity index (χ2n) is 7.45. The molecule has 24 heavy (non-hydrogen) atoms. The van der Waals surface area contributed by atoms with Crippen molar-refractivity contribution < 1.29 is 4.79 Å². The van der Waals surface area contributed by atoms with Crippen LogP contribution in [-0.4, -0.2) is 30.7 Å². The van der Waals surface area contributed by atoms with Crippen molar-refractivity contribution in [3.8, 4) is 0 Å². The van der Waals surface area contributed by atoms with Gasteiger partial charge < -0.3 is 4.90 Å². The molecular weight excluding hydrogens is 313 g/mol. The van der Waals surface area contributed by atoms with Gasteiger partial charge in [0, 0.05) is 28.1 Å². The van der Waals surface area contributed by atoms with Gasteiger partial charge in [0.15, 0.2) is 7.28 Å². The highest BCUT2D eigenvalue weighted by molar-refractivity contribution is 7.19. The van der Waals surface area contributed by atoms with Crippen molar-refractivity contribution in [1.29, 1.82) is 0 Å². The molecule has 0 N–H and O–H groups in total. The van der Waals surface area contributed by atoms with Crippen LogP contribution in [0.5, 0.6) is 0 Å². The summed E-state index contributed by atoms with van der Waals surface area (Å²) >= 11 is 1.88. The molecule has 4 rings (SSSR count). The van der Waals surface area contributed by atoms with Crippen molar-refractivity contribution in [3.63, 3.8) is 0 Å². The molecule has 1 saturated heterocycles. The number of amides is 1. The fourth-order valence-electron chi connectivity index (χ4n) is 4.40. The van der Waals surface area contributed by atoms with E-state index in [0.717, 1.165) is 26.7 Å². The number of rotatable bonds is 4. The molecule has 1 unspecified atom stereocenters. The van der Waals surface area contributed by atoms with Crippen molar-refractivity contribution in [2.75, 3.05) is 6.54 Å². The van der Waals surface area contributed by atoms with Crippen LogP contribution in [-0.2, 0) is 11.2 Å². The lowest BCUT2D eigenvalue weighted by atomic mass is 9.73. The first-order valence-electron chi connectivity index (χ1n) is 9.56. The largest absolute Gasteiger partial charge is 0.339 e. The van der Waals surface area contributed by atoms with Crippen molar-refractivity contribution in [3.05, 3.63) is 29.1 Å². The number of thiophene rings is 1. The van der Waals surface area contributed by atoms with Gasteiger partial charge in [0.2, 0.25) is 5.91 Å². The summed E-state index contributed by atoms with van der Waals surface area (Å²) in [5, 5.41) is 1.33. The molecule has 1 aliphatic heterocycles. The summed E-state index contributed by atoms with van der Waals surface area (Å²) in [6, 6.07) is 9.61. The summed E-state index contributed by atoms with van der Waals surface area (Å²) in [5.41, 5.74) is 1.40. The number of likely N-dealkylation sites (tertiary alicyclic amines) is 1. The molecule has 2 heterocycles. The van der Waals surface area contributed by atoms with E-state index < -0.39 is 0 Å². The summed E-state index contributed by atoms with van der Waals surface area (Å²) < 4.78 is 1.37. The van der Waals surface area contributed by atoms with Gasteiger partial charge in [0.1, 0.15) is 0 Å². The molecule has 2 aromatic rings. The number of carbonyl (C=O) groups excluding carboxylic acids is 1. The molecule has 1 aromatic heterocycles. The van der Waals surface area contributed by atoms with Gasteiger partial charge >= 0.3 is 0 Å². The van der Waals surface area contributed by atoms with E-state index in [-0.39, 0.29) is 5.92 Å². The van der Waals surface area contributed by atoms with Gasteiger partial charge in [-0.1, -0.05) is 49.7 Å². The van der Waals surface area contributed by atoms with Crippen LogP contribution in [0, 0.1) is 5.92 Å². The molecule has 0 radical (unpaired) electrons. The molecule has 1 saturated carbocycles. The molecule has 1 atom stereocenters. The molecule has 0 spiro atoms. The molecular formula is C20H26BNOS. The number of benzene rings is 1.